The van der Waals surface area contributed by atoms with Crippen LogP contribution in [0, 0.1) is 0 Å². The average Bonchev–Trinajstić information content (AvgIpc) is 3.12. The summed E-state index contributed by atoms with van der Waals surface area (Å²) in [7, 11) is 0. The van der Waals surface area contributed by atoms with Gasteiger partial charge in [-0.15, -0.1) is 11.8 Å². The summed E-state index contributed by atoms with van der Waals surface area (Å²) in [6, 6.07) is 22.3. The molecule has 2 amide bonds. The molecule has 7 heteroatoms. The lowest BCUT2D eigenvalue weighted by Gasteiger charge is -2.24. The van der Waals surface area contributed by atoms with Gasteiger partial charge in [0.25, 0.3) is 5.91 Å². The molecule has 1 fully saturated rings. The number of thioether (sulfide) groups is 1. The SMILES string of the molecule is O=C(Nc1cccc(Cl)c1Cl)c1ccc([C@H]2SCC(=O)N2Cc2ccccc2)cc1. The molecule has 30 heavy (non-hydrogen) atoms. The van der Waals surface area contributed by atoms with Crippen LogP contribution in [0.3, 0.4) is 0 Å². The van der Waals surface area contributed by atoms with E-state index in [0.717, 1.165) is 11.1 Å². The van der Waals surface area contributed by atoms with Crippen molar-refractivity contribution in [1.82, 2.24) is 4.90 Å². The van der Waals surface area contributed by atoms with Crippen LogP contribution in [0.4, 0.5) is 5.69 Å². The Labute approximate surface area is 189 Å². The van der Waals surface area contributed by atoms with Gasteiger partial charge in [-0.25, -0.2) is 0 Å². The third-order valence-corrected chi connectivity index (χ3v) is 6.90. The Hall–Kier alpha value is -2.47. The first-order valence-electron chi connectivity index (χ1n) is 9.33. The molecule has 3 aromatic rings. The molecule has 1 aliphatic heterocycles. The Kier molecular flexibility index (Phi) is 6.32. The van der Waals surface area contributed by atoms with E-state index >= 15 is 0 Å². The zero-order valence-electron chi connectivity index (χ0n) is 15.8. The standard InChI is InChI=1S/C23H18Cl2N2O2S/c24-18-7-4-8-19(21(18)25)26-22(29)16-9-11-17(12-10-16)23-27(20(28)14-30-23)13-15-5-2-1-3-6-15/h1-12,23H,13-14H2,(H,26,29)/t23-/m1/s1. The van der Waals surface area contributed by atoms with Crippen LogP contribution in [-0.2, 0) is 11.3 Å². The fourth-order valence-electron chi connectivity index (χ4n) is 3.28. The zero-order chi connectivity index (χ0) is 21.1. The lowest BCUT2D eigenvalue weighted by molar-refractivity contribution is -0.128. The summed E-state index contributed by atoms with van der Waals surface area (Å²) < 4.78 is 0. The van der Waals surface area contributed by atoms with Gasteiger partial charge in [0.1, 0.15) is 5.37 Å². The van der Waals surface area contributed by atoms with Gasteiger partial charge in [-0.2, -0.15) is 0 Å². The summed E-state index contributed by atoms with van der Waals surface area (Å²) in [5, 5.41) is 3.40. The molecule has 0 aromatic heterocycles. The van der Waals surface area contributed by atoms with Crippen molar-refractivity contribution in [3.8, 4) is 0 Å². The minimum Gasteiger partial charge on any atom is -0.322 e. The quantitative estimate of drug-likeness (QED) is 0.510. The number of carbonyl (C=O) groups is 2. The summed E-state index contributed by atoms with van der Waals surface area (Å²) in [5.41, 5.74) is 3.04. The molecule has 4 rings (SSSR count). The van der Waals surface area contributed by atoms with E-state index in [1.165, 1.54) is 0 Å². The van der Waals surface area contributed by atoms with Gasteiger partial charge in [-0.3, -0.25) is 9.59 Å². The van der Waals surface area contributed by atoms with Crippen LogP contribution in [0.2, 0.25) is 10.0 Å². The van der Waals surface area contributed by atoms with Crippen molar-refractivity contribution in [2.75, 3.05) is 11.1 Å². The number of amides is 2. The maximum absolute atomic E-state index is 12.6. The second-order valence-electron chi connectivity index (χ2n) is 6.85. The van der Waals surface area contributed by atoms with E-state index in [0.29, 0.717) is 33.6 Å². The molecule has 0 unspecified atom stereocenters. The second-order valence-corrected chi connectivity index (χ2v) is 8.70. The normalized spacial score (nSPS) is 16.0. The largest absolute Gasteiger partial charge is 0.322 e. The number of benzene rings is 3. The van der Waals surface area contributed by atoms with Crippen LogP contribution >= 0.6 is 35.0 Å². The molecule has 1 aliphatic rings. The molecule has 1 N–H and O–H groups in total. The zero-order valence-corrected chi connectivity index (χ0v) is 18.2. The molecule has 152 valence electrons. The fourth-order valence-corrected chi connectivity index (χ4v) is 4.81. The van der Waals surface area contributed by atoms with Crippen molar-refractivity contribution in [3.63, 3.8) is 0 Å². The first kappa shape index (κ1) is 20.8. The highest BCUT2D eigenvalue weighted by atomic mass is 35.5. The molecular formula is C23H18Cl2N2O2S. The van der Waals surface area contributed by atoms with Crippen LogP contribution in [-0.4, -0.2) is 22.5 Å². The molecule has 0 saturated carbocycles. The number of halogens is 2. The van der Waals surface area contributed by atoms with Crippen molar-refractivity contribution >= 4 is 52.5 Å². The highest BCUT2D eigenvalue weighted by Crippen LogP contribution is 2.39. The van der Waals surface area contributed by atoms with E-state index in [1.807, 2.05) is 47.4 Å². The van der Waals surface area contributed by atoms with Gasteiger partial charge in [0.15, 0.2) is 0 Å². The molecule has 0 spiro atoms. The fraction of sp³-hybridized carbons (Fsp3) is 0.130. The van der Waals surface area contributed by atoms with Crippen LogP contribution < -0.4 is 5.32 Å². The number of nitrogens with one attached hydrogen (secondary N) is 1. The molecule has 3 aromatic carbocycles. The van der Waals surface area contributed by atoms with Crippen molar-refractivity contribution in [2.45, 2.75) is 11.9 Å². The lowest BCUT2D eigenvalue weighted by Crippen LogP contribution is -2.27. The Morgan fingerprint density at radius 2 is 1.73 bits per heavy atom. The number of nitrogens with zero attached hydrogens (tertiary/aromatic N) is 1. The number of hydrogen-bond acceptors (Lipinski definition) is 3. The van der Waals surface area contributed by atoms with E-state index < -0.39 is 0 Å². The first-order chi connectivity index (χ1) is 14.5. The number of anilines is 1. The van der Waals surface area contributed by atoms with Gasteiger partial charge in [-0.05, 0) is 35.4 Å². The van der Waals surface area contributed by atoms with Crippen LogP contribution in [0.1, 0.15) is 26.9 Å². The van der Waals surface area contributed by atoms with Crippen LogP contribution in [0.15, 0.2) is 72.8 Å². The third kappa shape index (κ3) is 4.48. The average molecular weight is 457 g/mol. The highest BCUT2D eigenvalue weighted by molar-refractivity contribution is 8.00. The minimum atomic E-state index is -0.276. The van der Waals surface area contributed by atoms with E-state index in [9.17, 15) is 9.59 Å². The lowest BCUT2D eigenvalue weighted by atomic mass is 10.1. The van der Waals surface area contributed by atoms with Gasteiger partial charge in [-0.1, -0.05) is 71.7 Å². The van der Waals surface area contributed by atoms with E-state index in [-0.39, 0.29) is 17.2 Å². The predicted octanol–water partition coefficient (Wildman–Crippen LogP) is 6.02. The molecule has 1 heterocycles. The number of rotatable bonds is 5. The Morgan fingerprint density at radius 1 is 1.00 bits per heavy atom. The Bertz CT molecular complexity index is 1070. The van der Waals surface area contributed by atoms with Crippen molar-refractivity contribution in [3.05, 3.63) is 99.5 Å². The van der Waals surface area contributed by atoms with Gasteiger partial charge in [0.2, 0.25) is 5.91 Å². The van der Waals surface area contributed by atoms with Crippen molar-refractivity contribution in [2.24, 2.45) is 0 Å². The van der Waals surface area contributed by atoms with Gasteiger partial charge < -0.3 is 10.2 Å². The summed E-state index contributed by atoms with van der Waals surface area (Å²) in [6.07, 6.45) is 0. The van der Waals surface area contributed by atoms with E-state index in [4.69, 9.17) is 23.2 Å². The monoisotopic (exact) mass is 456 g/mol. The molecule has 1 saturated heterocycles. The minimum absolute atomic E-state index is 0.0720. The van der Waals surface area contributed by atoms with Crippen molar-refractivity contribution in [1.29, 1.82) is 0 Å². The van der Waals surface area contributed by atoms with E-state index in [1.54, 1.807) is 42.1 Å². The van der Waals surface area contributed by atoms with Gasteiger partial charge in [0.05, 0.1) is 21.5 Å². The van der Waals surface area contributed by atoms with Crippen molar-refractivity contribution < 1.29 is 9.59 Å². The molecular weight excluding hydrogens is 439 g/mol. The predicted molar refractivity (Wildman–Crippen MR) is 123 cm³/mol. The molecule has 1 atom stereocenters. The smallest absolute Gasteiger partial charge is 0.255 e. The topological polar surface area (TPSA) is 49.4 Å². The summed E-state index contributed by atoms with van der Waals surface area (Å²) in [6.45, 7) is 0.562. The summed E-state index contributed by atoms with van der Waals surface area (Å²) in [5.74, 6) is 0.292. The third-order valence-electron chi connectivity index (χ3n) is 4.82. The maximum atomic E-state index is 12.6. The highest BCUT2D eigenvalue weighted by Gasteiger charge is 2.32. The number of hydrogen-bond donors (Lipinski definition) is 1. The Balaban J connectivity index is 1.49. The molecule has 0 aliphatic carbocycles. The number of carbonyl (C=O) groups excluding carboxylic acids is 2. The summed E-state index contributed by atoms with van der Waals surface area (Å²) in [4.78, 5) is 26.9. The summed E-state index contributed by atoms with van der Waals surface area (Å²) >= 11 is 13.7. The van der Waals surface area contributed by atoms with Crippen LogP contribution in [0.25, 0.3) is 0 Å². The first-order valence-corrected chi connectivity index (χ1v) is 11.1. The van der Waals surface area contributed by atoms with Gasteiger partial charge >= 0.3 is 0 Å². The van der Waals surface area contributed by atoms with Crippen LogP contribution in [0.5, 0.6) is 0 Å². The van der Waals surface area contributed by atoms with E-state index in [2.05, 4.69) is 5.32 Å². The Morgan fingerprint density at radius 3 is 2.47 bits per heavy atom. The molecule has 0 radical (unpaired) electrons. The molecule has 0 bridgehead atoms. The van der Waals surface area contributed by atoms with Gasteiger partial charge in [0, 0.05) is 12.1 Å². The molecule has 4 nitrogen and oxygen atoms in total. The second kappa shape index (κ2) is 9.13. The maximum Gasteiger partial charge on any atom is 0.255 e.